The Balaban J connectivity index is 1.81. The van der Waals surface area contributed by atoms with Crippen molar-refractivity contribution in [3.05, 3.63) is 51.7 Å². The number of likely N-dealkylation sites (tertiary alicyclic amines) is 1. The van der Waals surface area contributed by atoms with Gasteiger partial charge in [0, 0.05) is 30.4 Å². The Morgan fingerprint density at radius 3 is 2.80 bits per heavy atom. The second-order valence-electron chi connectivity index (χ2n) is 6.68. The van der Waals surface area contributed by atoms with E-state index in [0.717, 1.165) is 43.6 Å². The number of halogens is 1. The summed E-state index contributed by atoms with van der Waals surface area (Å²) in [5.74, 6) is -0.215. The van der Waals surface area contributed by atoms with Crippen molar-refractivity contribution in [2.24, 2.45) is 0 Å². The van der Waals surface area contributed by atoms with Crippen LogP contribution >= 0.6 is 11.3 Å². The highest BCUT2D eigenvalue weighted by Gasteiger charge is 2.32. The summed E-state index contributed by atoms with van der Waals surface area (Å²) in [5.41, 5.74) is 4.05. The highest BCUT2D eigenvalue weighted by molar-refractivity contribution is 7.09. The molecule has 1 aromatic heterocycles. The lowest BCUT2D eigenvalue weighted by Crippen LogP contribution is -2.55. The highest BCUT2D eigenvalue weighted by Crippen LogP contribution is 2.25. The SMILES string of the molecule is CC(=O)N[C@H]1CCCN(Cc2scnc2C)[C@H]1Cc1ccc(F)cc1. The average Bonchev–Trinajstić information content (AvgIpc) is 2.97. The van der Waals surface area contributed by atoms with Crippen LogP contribution in [0.1, 0.15) is 35.9 Å². The molecule has 2 heterocycles. The molecule has 0 radical (unpaired) electrons. The number of nitrogens with zero attached hydrogens (tertiary/aromatic N) is 2. The molecule has 1 N–H and O–H groups in total. The molecule has 0 bridgehead atoms. The van der Waals surface area contributed by atoms with Crippen LogP contribution in [0.3, 0.4) is 0 Å². The zero-order valence-electron chi connectivity index (χ0n) is 14.7. The number of hydrogen-bond donors (Lipinski definition) is 1. The Morgan fingerprint density at radius 2 is 2.16 bits per heavy atom. The van der Waals surface area contributed by atoms with Gasteiger partial charge in [-0.1, -0.05) is 12.1 Å². The number of piperidine rings is 1. The summed E-state index contributed by atoms with van der Waals surface area (Å²) in [6, 6.07) is 7.00. The van der Waals surface area contributed by atoms with Crippen LogP contribution in [0, 0.1) is 12.7 Å². The van der Waals surface area contributed by atoms with Gasteiger partial charge in [0.1, 0.15) is 5.82 Å². The minimum absolute atomic E-state index is 0.00456. The van der Waals surface area contributed by atoms with Gasteiger partial charge in [0.25, 0.3) is 0 Å². The molecular formula is C19H24FN3OS. The van der Waals surface area contributed by atoms with Gasteiger partial charge in [0.2, 0.25) is 5.91 Å². The lowest BCUT2D eigenvalue weighted by atomic mass is 9.90. The molecule has 0 spiro atoms. The van der Waals surface area contributed by atoms with Gasteiger partial charge in [-0.25, -0.2) is 9.37 Å². The van der Waals surface area contributed by atoms with Crippen molar-refractivity contribution < 1.29 is 9.18 Å². The van der Waals surface area contributed by atoms with Gasteiger partial charge in [0.05, 0.1) is 11.2 Å². The van der Waals surface area contributed by atoms with E-state index in [-0.39, 0.29) is 23.8 Å². The van der Waals surface area contributed by atoms with E-state index in [1.54, 1.807) is 18.3 Å². The van der Waals surface area contributed by atoms with Gasteiger partial charge < -0.3 is 5.32 Å². The van der Waals surface area contributed by atoms with Crippen molar-refractivity contribution >= 4 is 17.2 Å². The number of thiazole rings is 1. The molecule has 3 rings (SSSR count). The molecule has 1 fully saturated rings. The van der Waals surface area contributed by atoms with Crippen LogP contribution in [0.25, 0.3) is 0 Å². The molecule has 2 aromatic rings. The lowest BCUT2D eigenvalue weighted by Gasteiger charge is -2.41. The summed E-state index contributed by atoms with van der Waals surface area (Å²) >= 11 is 1.68. The summed E-state index contributed by atoms with van der Waals surface area (Å²) in [6.07, 6.45) is 2.83. The number of carbonyl (C=O) groups excluding carboxylic acids is 1. The molecule has 25 heavy (non-hydrogen) atoms. The van der Waals surface area contributed by atoms with Crippen LogP contribution in [0.5, 0.6) is 0 Å². The van der Waals surface area contributed by atoms with Crippen LogP contribution < -0.4 is 5.32 Å². The first-order valence-corrected chi connectivity index (χ1v) is 9.55. The van der Waals surface area contributed by atoms with Crippen LogP contribution in [0.2, 0.25) is 0 Å². The molecule has 2 atom stereocenters. The van der Waals surface area contributed by atoms with Crippen LogP contribution in [0.4, 0.5) is 4.39 Å². The van der Waals surface area contributed by atoms with Crippen molar-refractivity contribution in [3.63, 3.8) is 0 Å². The maximum atomic E-state index is 13.2. The zero-order valence-corrected chi connectivity index (χ0v) is 15.5. The van der Waals surface area contributed by atoms with Gasteiger partial charge in [-0.05, 0) is 50.4 Å². The smallest absolute Gasteiger partial charge is 0.217 e. The molecule has 6 heteroatoms. The topological polar surface area (TPSA) is 45.2 Å². The quantitative estimate of drug-likeness (QED) is 0.889. The third-order valence-electron chi connectivity index (χ3n) is 4.83. The van der Waals surface area contributed by atoms with E-state index in [1.807, 2.05) is 24.6 Å². The standard InChI is InChI=1S/C19H24FN3OS/c1-13-19(25-12-21-13)11-23-9-3-4-17(22-14(2)24)18(23)10-15-5-7-16(20)8-6-15/h5-8,12,17-18H,3-4,9-11H2,1-2H3,(H,22,24)/t17-,18-/m0/s1. The molecule has 0 saturated carbocycles. The number of rotatable bonds is 5. The molecule has 1 saturated heterocycles. The van der Waals surface area contributed by atoms with Crippen molar-refractivity contribution in [1.29, 1.82) is 0 Å². The maximum absolute atomic E-state index is 13.2. The number of benzene rings is 1. The van der Waals surface area contributed by atoms with Crippen LogP contribution in [-0.4, -0.2) is 34.4 Å². The fourth-order valence-electron chi connectivity index (χ4n) is 3.55. The van der Waals surface area contributed by atoms with Gasteiger partial charge >= 0.3 is 0 Å². The number of carbonyl (C=O) groups is 1. The van der Waals surface area contributed by atoms with Crippen molar-refractivity contribution in [2.45, 2.75) is 51.7 Å². The molecular weight excluding hydrogens is 337 g/mol. The fourth-order valence-corrected chi connectivity index (χ4v) is 4.35. The predicted octanol–water partition coefficient (Wildman–Crippen LogP) is 3.30. The van der Waals surface area contributed by atoms with E-state index in [0.29, 0.717) is 0 Å². The average molecular weight is 361 g/mol. The fraction of sp³-hybridized carbons (Fsp3) is 0.474. The first-order chi connectivity index (χ1) is 12.0. The Labute approximate surface area is 152 Å². The van der Waals surface area contributed by atoms with Gasteiger partial charge in [0.15, 0.2) is 0 Å². The highest BCUT2D eigenvalue weighted by atomic mass is 32.1. The van der Waals surface area contributed by atoms with Gasteiger partial charge in [-0.3, -0.25) is 9.69 Å². The molecule has 1 aliphatic rings. The monoisotopic (exact) mass is 361 g/mol. The summed E-state index contributed by atoms with van der Waals surface area (Å²) in [6.45, 7) is 5.45. The Kier molecular flexibility index (Phi) is 5.81. The first kappa shape index (κ1) is 18.0. The molecule has 1 aliphatic heterocycles. The zero-order chi connectivity index (χ0) is 17.8. The second kappa shape index (κ2) is 8.06. The van der Waals surface area contributed by atoms with E-state index in [9.17, 15) is 9.18 Å². The number of nitrogens with one attached hydrogen (secondary N) is 1. The van der Waals surface area contributed by atoms with E-state index < -0.39 is 0 Å². The maximum Gasteiger partial charge on any atom is 0.217 e. The lowest BCUT2D eigenvalue weighted by molar-refractivity contribution is -0.120. The second-order valence-corrected chi connectivity index (χ2v) is 7.62. The number of amides is 1. The van der Waals surface area contributed by atoms with E-state index in [1.165, 1.54) is 17.0 Å². The molecule has 1 amide bonds. The number of aromatic nitrogens is 1. The minimum Gasteiger partial charge on any atom is -0.352 e. The van der Waals surface area contributed by atoms with Gasteiger partial charge in [-0.15, -0.1) is 11.3 Å². The molecule has 0 unspecified atom stereocenters. The number of aryl methyl sites for hydroxylation is 1. The Morgan fingerprint density at radius 1 is 1.40 bits per heavy atom. The summed E-state index contributed by atoms with van der Waals surface area (Å²) in [4.78, 5) is 19.7. The summed E-state index contributed by atoms with van der Waals surface area (Å²) in [7, 11) is 0. The van der Waals surface area contributed by atoms with Gasteiger partial charge in [-0.2, -0.15) is 0 Å². The first-order valence-electron chi connectivity index (χ1n) is 8.67. The number of hydrogen-bond acceptors (Lipinski definition) is 4. The summed E-state index contributed by atoms with van der Waals surface area (Å²) in [5, 5.41) is 3.12. The third-order valence-corrected chi connectivity index (χ3v) is 5.75. The van der Waals surface area contributed by atoms with Crippen molar-refractivity contribution in [2.75, 3.05) is 6.54 Å². The normalized spacial score (nSPS) is 21.2. The van der Waals surface area contributed by atoms with E-state index in [4.69, 9.17) is 0 Å². The van der Waals surface area contributed by atoms with Crippen molar-refractivity contribution in [3.8, 4) is 0 Å². The molecule has 0 aliphatic carbocycles. The molecule has 134 valence electrons. The minimum atomic E-state index is -0.219. The largest absolute Gasteiger partial charge is 0.352 e. The predicted molar refractivity (Wildman–Crippen MR) is 98.0 cm³/mol. The van der Waals surface area contributed by atoms with Crippen LogP contribution in [0.15, 0.2) is 29.8 Å². The van der Waals surface area contributed by atoms with E-state index >= 15 is 0 Å². The Bertz CT molecular complexity index is 716. The summed E-state index contributed by atoms with van der Waals surface area (Å²) < 4.78 is 13.2. The van der Waals surface area contributed by atoms with Crippen molar-refractivity contribution in [1.82, 2.24) is 15.2 Å². The van der Waals surface area contributed by atoms with Crippen LogP contribution in [-0.2, 0) is 17.8 Å². The molecule has 1 aromatic carbocycles. The third kappa shape index (κ3) is 4.64. The Hall–Kier alpha value is -1.79. The molecule has 4 nitrogen and oxygen atoms in total. The van der Waals surface area contributed by atoms with E-state index in [2.05, 4.69) is 15.2 Å².